The largest absolute Gasteiger partial charge is 1.00 e. The molecule has 2 aromatic rings. The van der Waals surface area contributed by atoms with Gasteiger partial charge in [0.15, 0.2) is 0 Å². The molecule has 0 saturated carbocycles. The van der Waals surface area contributed by atoms with Crippen LogP contribution in [0, 0.1) is 5.41 Å². The number of rotatable bonds is 4. The zero-order valence-corrected chi connectivity index (χ0v) is 22.4. The average molecular weight is 518 g/mol. The van der Waals surface area contributed by atoms with Crippen molar-refractivity contribution >= 4 is 12.2 Å². The molecule has 0 heterocycles. The van der Waals surface area contributed by atoms with E-state index in [1.165, 1.54) is 22.7 Å². The maximum atomic E-state index is 2.51. The van der Waals surface area contributed by atoms with Crippen molar-refractivity contribution < 1.29 is 46.7 Å². The number of halogens is 2. The number of allylic oxidation sites excluding steroid dienone is 5. The van der Waals surface area contributed by atoms with Crippen molar-refractivity contribution in [3.05, 3.63) is 100 Å². The standard InChI is InChI=1S/C18H19.C7H8Si.2ClH.Zr/c1-18(2,3)17-9-8-15(12-17)16-10-13-6-4-5-7-14(13)11-16;8-6-7-4-2-1-3-5-7;;;/h4-7,9-12H,8H2,1-3H3;1-5,8H,6H2;2*1H;/q;;;;+2/p-2. The Kier molecular flexibility index (Phi) is 8.98. The van der Waals surface area contributed by atoms with Crippen molar-refractivity contribution in [1.82, 2.24) is 0 Å². The zero-order chi connectivity index (χ0) is 18.9. The van der Waals surface area contributed by atoms with Crippen LogP contribution in [-0.2, 0) is 27.9 Å². The third kappa shape index (κ3) is 5.73. The van der Waals surface area contributed by atoms with Crippen LogP contribution in [0.4, 0.5) is 0 Å². The van der Waals surface area contributed by atoms with Crippen LogP contribution in [0.25, 0.3) is 6.08 Å². The van der Waals surface area contributed by atoms with Crippen LogP contribution in [0.15, 0.2) is 83.5 Å². The van der Waals surface area contributed by atoms with E-state index in [2.05, 4.69) is 93.6 Å². The Balaban J connectivity index is 0.00000150. The molecule has 1 unspecified atom stereocenters. The molecule has 0 bridgehead atoms. The van der Waals surface area contributed by atoms with Crippen molar-refractivity contribution in [3.8, 4) is 0 Å². The van der Waals surface area contributed by atoms with Crippen molar-refractivity contribution in [3.63, 3.8) is 0 Å². The first-order valence-corrected chi connectivity index (χ1v) is 16.9. The van der Waals surface area contributed by atoms with Gasteiger partial charge in [-0.05, 0) is 0 Å². The van der Waals surface area contributed by atoms with Crippen LogP contribution in [0.1, 0.15) is 47.5 Å². The first kappa shape index (κ1) is 24.6. The molecule has 149 valence electrons. The Morgan fingerprint density at radius 1 is 0.931 bits per heavy atom. The van der Waals surface area contributed by atoms with Crippen molar-refractivity contribution in [1.29, 1.82) is 0 Å². The predicted molar refractivity (Wildman–Crippen MR) is 115 cm³/mol. The van der Waals surface area contributed by atoms with Gasteiger partial charge >= 0.3 is 177 Å². The molecule has 0 saturated heterocycles. The summed E-state index contributed by atoms with van der Waals surface area (Å²) in [5.74, 6) is 0. The topological polar surface area (TPSA) is 0 Å². The minimum Gasteiger partial charge on any atom is -1.00 e. The van der Waals surface area contributed by atoms with Crippen molar-refractivity contribution in [2.24, 2.45) is 5.41 Å². The molecule has 4 heteroatoms. The molecule has 0 amide bonds. The summed E-state index contributed by atoms with van der Waals surface area (Å²) >= 11 is -0.471. The van der Waals surface area contributed by atoms with E-state index >= 15 is 0 Å². The summed E-state index contributed by atoms with van der Waals surface area (Å²) in [7, 11) is 0. The summed E-state index contributed by atoms with van der Waals surface area (Å²) in [6, 6.07) is 21.5. The average Bonchev–Trinajstić information content (AvgIpc) is 3.28. The van der Waals surface area contributed by atoms with Gasteiger partial charge in [0.1, 0.15) is 0 Å². The third-order valence-corrected chi connectivity index (χ3v) is 14.0. The number of benzene rings is 2. The fraction of sp³-hybridized carbons (Fsp3) is 0.280. The van der Waals surface area contributed by atoms with E-state index < -0.39 is 21.9 Å². The molecule has 4 rings (SSSR count). The fourth-order valence-electron chi connectivity index (χ4n) is 3.94. The maximum Gasteiger partial charge on any atom is -1.00 e. The molecule has 0 fully saturated rings. The first-order chi connectivity index (χ1) is 13.0. The Hall–Kier alpha value is -0.660. The number of fused-ring (bicyclic) bond motifs is 1. The summed E-state index contributed by atoms with van der Waals surface area (Å²) in [5.41, 5.74) is 9.62. The molecule has 0 radical (unpaired) electrons. The molecule has 0 aliphatic heterocycles. The number of hydrogen-bond acceptors (Lipinski definition) is 0. The van der Waals surface area contributed by atoms with Crippen LogP contribution in [0.3, 0.4) is 0 Å². The normalized spacial score (nSPS) is 17.5. The zero-order valence-electron chi connectivity index (χ0n) is 17.3. The second kappa shape index (κ2) is 10.6. The van der Waals surface area contributed by atoms with Gasteiger partial charge in [0.2, 0.25) is 0 Å². The summed E-state index contributed by atoms with van der Waals surface area (Å²) < 4.78 is 0.752. The van der Waals surface area contributed by atoms with E-state index in [4.69, 9.17) is 0 Å². The summed E-state index contributed by atoms with van der Waals surface area (Å²) in [6.45, 7) is 6.98. The molecule has 1 atom stereocenters. The number of hydrogen-bond donors (Lipinski definition) is 0. The van der Waals surface area contributed by atoms with Gasteiger partial charge in [-0.2, -0.15) is 0 Å². The van der Waals surface area contributed by atoms with Crippen LogP contribution in [-0.4, -0.2) is 6.16 Å². The van der Waals surface area contributed by atoms with E-state index in [0.717, 1.165) is 10.0 Å². The van der Waals surface area contributed by atoms with Gasteiger partial charge < -0.3 is 24.8 Å². The van der Waals surface area contributed by atoms with Crippen LogP contribution in [0.5, 0.6) is 0 Å². The van der Waals surface area contributed by atoms with Crippen molar-refractivity contribution in [2.45, 2.75) is 36.9 Å². The van der Waals surface area contributed by atoms with Gasteiger partial charge in [0.25, 0.3) is 0 Å². The molecule has 0 N–H and O–H groups in total. The molecule has 0 aromatic heterocycles. The van der Waals surface area contributed by atoms with E-state index in [-0.39, 0.29) is 30.2 Å². The summed E-state index contributed by atoms with van der Waals surface area (Å²) in [6.07, 6.45) is 9.16. The van der Waals surface area contributed by atoms with E-state index in [0.29, 0.717) is 6.16 Å². The van der Waals surface area contributed by atoms with Gasteiger partial charge in [0.05, 0.1) is 0 Å². The second-order valence-corrected chi connectivity index (χ2v) is 16.5. The first-order valence-electron chi connectivity index (χ1n) is 9.86. The van der Waals surface area contributed by atoms with Crippen molar-refractivity contribution in [2.75, 3.05) is 0 Å². The molecule has 2 aliphatic rings. The molecule has 0 nitrogen and oxygen atoms in total. The molecule has 29 heavy (non-hydrogen) atoms. The maximum absolute atomic E-state index is 2.51. The Bertz CT molecular complexity index is 966. The van der Waals surface area contributed by atoms with Crippen LogP contribution in [0.2, 0.25) is 0 Å². The molecular weight excluding hydrogens is 490 g/mol. The quantitative estimate of drug-likeness (QED) is 0.504. The van der Waals surface area contributed by atoms with Gasteiger partial charge in [-0.3, -0.25) is 0 Å². The SMILES string of the molecule is CC(C)(C)C1=CCC(C2=Cc3ccccc3[CH]2/[Zr+2]=[SiH]/Cc2ccccc2)=C1.[Cl-].[Cl-]. The minimum atomic E-state index is -0.471. The van der Waals surface area contributed by atoms with Gasteiger partial charge in [-0.25, -0.2) is 0 Å². The Morgan fingerprint density at radius 3 is 2.31 bits per heavy atom. The van der Waals surface area contributed by atoms with Crippen LogP contribution >= 0.6 is 0 Å². The van der Waals surface area contributed by atoms with Crippen LogP contribution < -0.4 is 24.8 Å². The molecule has 0 spiro atoms. The molecule has 2 aliphatic carbocycles. The summed E-state index contributed by atoms with van der Waals surface area (Å²) in [5, 5.41) is 0. The van der Waals surface area contributed by atoms with E-state index in [9.17, 15) is 0 Å². The summed E-state index contributed by atoms with van der Waals surface area (Å²) in [4.78, 5) is 0. The second-order valence-electron chi connectivity index (χ2n) is 8.51. The minimum absolute atomic E-state index is 0. The van der Waals surface area contributed by atoms with E-state index in [1.807, 2.05) is 0 Å². The molecule has 2 aromatic carbocycles. The predicted octanol–water partition coefficient (Wildman–Crippen LogP) is 0.0695. The van der Waals surface area contributed by atoms with Gasteiger partial charge in [-0.1, -0.05) is 0 Å². The monoisotopic (exact) mass is 515 g/mol. The van der Waals surface area contributed by atoms with E-state index in [1.54, 1.807) is 16.7 Å². The molecular formula is C25H27Cl2SiZr. The third-order valence-electron chi connectivity index (χ3n) is 5.50. The van der Waals surface area contributed by atoms with Gasteiger partial charge in [-0.15, -0.1) is 0 Å². The Labute approximate surface area is 200 Å². The Morgan fingerprint density at radius 2 is 1.62 bits per heavy atom. The fourth-order valence-corrected chi connectivity index (χ4v) is 13.5. The van der Waals surface area contributed by atoms with Gasteiger partial charge in [0, 0.05) is 0 Å². The smallest absolute Gasteiger partial charge is 1.00 e.